The van der Waals surface area contributed by atoms with E-state index in [0.717, 1.165) is 4.90 Å². The molecule has 0 spiro atoms. The lowest BCUT2D eigenvalue weighted by atomic mass is 10.4. The third-order valence-corrected chi connectivity index (χ3v) is 4.65. The second kappa shape index (κ2) is 5.16. The largest absolute Gasteiger partial charge is 0.480 e. The summed E-state index contributed by atoms with van der Waals surface area (Å²) in [6.45, 7) is 0. The van der Waals surface area contributed by atoms with Crippen molar-refractivity contribution in [3.63, 3.8) is 0 Å². The Balaban J connectivity index is 3.05. The molecule has 0 atom stereocenters. The zero-order chi connectivity index (χ0) is 11.3. The molecule has 0 bridgehead atoms. The van der Waals surface area contributed by atoms with Crippen LogP contribution in [0.5, 0.6) is 0 Å². The average molecular weight is 230 g/mol. The second-order valence-electron chi connectivity index (χ2n) is 2.80. The van der Waals surface area contributed by atoms with E-state index in [1.165, 1.54) is 14.2 Å². The molecule has 0 unspecified atom stereocenters. The van der Waals surface area contributed by atoms with Gasteiger partial charge in [0.25, 0.3) is 0 Å². The lowest BCUT2D eigenvalue weighted by molar-refractivity contribution is -0.134. The monoisotopic (exact) mass is 230 g/mol. The Bertz CT molecular complexity index is 321. The first kappa shape index (κ1) is 12.0. The Kier molecular flexibility index (Phi) is 4.14. The number of hydrogen-bond donors (Lipinski definition) is 1. The lowest BCUT2D eigenvalue weighted by Crippen LogP contribution is -2.16. The number of hydrogen-bond acceptors (Lipinski definition) is 3. The molecule has 1 rings (SSSR count). The molecule has 0 fully saturated rings. The summed E-state index contributed by atoms with van der Waals surface area (Å²) < 4.78 is 10.5. The number of carbonyl (C=O) groups is 1. The van der Waals surface area contributed by atoms with Gasteiger partial charge in [-0.05, 0) is 12.1 Å². The summed E-state index contributed by atoms with van der Waals surface area (Å²) in [5.41, 5.74) is 0. The van der Waals surface area contributed by atoms with Crippen molar-refractivity contribution in [2.45, 2.75) is 4.90 Å². The summed E-state index contributed by atoms with van der Waals surface area (Å²) in [5.74, 6) is -1.08. The van der Waals surface area contributed by atoms with Crippen LogP contribution in [0, 0.1) is 0 Å². The minimum atomic E-state index is -2.15. The van der Waals surface area contributed by atoms with Gasteiger partial charge >= 0.3 is 5.97 Å². The van der Waals surface area contributed by atoms with Crippen LogP contribution in [0.1, 0.15) is 0 Å². The van der Waals surface area contributed by atoms with E-state index in [1.807, 2.05) is 30.3 Å². The van der Waals surface area contributed by atoms with Crippen molar-refractivity contribution in [3.8, 4) is 0 Å². The fourth-order valence-electron chi connectivity index (χ4n) is 1.25. The molecule has 1 aromatic rings. The third-order valence-electron chi connectivity index (χ3n) is 1.95. The standard InChI is InChI=1S/C10H14O4S/c1-13-15(14-2,8-10(11)12)9-6-4-3-5-7-9/h3-7H,8H2,1-2H3,(H,11,12). The SMILES string of the molecule is COS(CC(=O)O)(OC)c1ccccc1. The van der Waals surface area contributed by atoms with Crippen molar-refractivity contribution in [1.82, 2.24) is 0 Å². The van der Waals surface area contributed by atoms with Crippen molar-refractivity contribution in [3.05, 3.63) is 30.3 Å². The molecule has 0 aliphatic heterocycles. The Labute approximate surface area is 90.6 Å². The van der Waals surface area contributed by atoms with Gasteiger partial charge in [-0.2, -0.15) is 10.6 Å². The molecule has 15 heavy (non-hydrogen) atoms. The van der Waals surface area contributed by atoms with E-state index in [4.69, 9.17) is 13.5 Å². The van der Waals surface area contributed by atoms with Gasteiger partial charge < -0.3 is 5.11 Å². The summed E-state index contributed by atoms with van der Waals surface area (Å²) in [5, 5.41) is 8.83. The molecule has 1 N–H and O–H groups in total. The van der Waals surface area contributed by atoms with Gasteiger partial charge in [-0.1, -0.05) is 18.2 Å². The van der Waals surface area contributed by atoms with Crippen LogP contribution in [-0.2, 0) is 13.2 Å². The van der Waals surface area contributed by atoms with Crippen molar-refractivity contribution in [2.75, 3.05) is 20.0 Å². The molecule has 0 aliphatic rings. The zero-order valence-corrected chi connectivity index (χ0v) is 9.49. The number of carboxylic acids is 1. The van der Waals surface area contributed by atoms with Crippen LogP contribution in [0.25, 0.3) is 0 Å². The molecule has 0 amide bonds. The normalized spacial score (nSPS) is 12.4. The van der Waals surface area contributed by atoms with Gasteiger partial charge in [-0.3, -0.25) is 13.2 Å². The molecular weight excluding hydrogens is 216 g/mol. The van der Waals surface area contributed by atoms with Gasteiger partial charge in [-0.25, -0.2) is 0 Å². The number of carboxylic acid groups (broad SMARTS) is 1. The summed E-state index contributed by atoms with van der Waals surface area (Å²) in [6, 6.07) is 9.14. The van der Waals surface area contributed by atoms with E-state index in [2.05, 4.69) is 0 Å². The minimum Gasteiger partial charge on any atom is -0.480 e. The molecule has 4 nitrogen and oxygen atoms in total. The Morgan fingerprint density at radius 2 is 1.80 bits per heavy atom. The van der Waals surface area contributed by atoms with Gasteiger partial charge in [0, 0.05) is 0 Å². The molecule has 0 aliphatic carbocycles. The highest BCUT2D eigenvalue weighted by atomic mass is 32.3. The number of rotatable bonds is 5. The predicted octanol–water partition coefficient (Wildman–Crippen LogP) is 2.06. The van der Waals surface area contributed by atoms with Crippen LogP contribution >= 0.6 is 10.6 Å². The Morgan fingerprint density at radius 1 is 1.27 bits per heavy atom. The molecule has 0 radical (unpaired) electrons. The smallest absolute Gasteiger partial charge is 0.323 e. The molecule has 0 heterocycles. The molecule has 0 saturated carbocycles. The minimum absolute atomic E-state index is 0.149. The van der Waals surface area contributed by atoms with Gasteiger partial charge in [-0.15, -0.1) is 0 Å². The van der Waals surface area contributed by atoms with Gasteiger partial charge in [0.1, 0.15) is 5.75 Å². The van der Waals surface area contributed by atoms with Crippen LogP contribution < -0.4 is 0 Å². The molecule has 0 saturated heterocycles. The van der Waals surface area contributed by atoms with E-state index in [9.17, 15) is 4.79 Å². The van der Waals surface area contributed by atoms with Gasteiger partial charge in [0.2, 0.25) is 0 Å². The quantitative estimate of drug-likeness (QED) is 0.841. The van der Waals surface area contributed by atoms with Gasteiger partial charge in [0.05, 0.1) is 19.1 Å². The fraction of sp³-hybridized carbons (Fsp3) is 0.300. The highest BCUT2D eigenvalue weighted by molar-refractivity contribution is 8.26. The predicted molar refractivity (Wildman–Crippen MR) is 58.8 cm³/mol. The van der Waals surface area contributed by atoms with E-state index < -0.39 is 16.6 Å². The van der Waals surface area contributed by atoms with E-state index in [0.29, 0.717) is 0 Å². The number of aliphatic carboxylic acids is 1. The highest BCUT2D eigenvalue weighted by Crippen LogP contribution is 2.56. The fourth-order valence-corrected chi connectivity index (χ4v) is 3.07. The van der Waals surface area contributed by atoms with Gasteiger partial charge in [0.15, 0.2) is 0 Å². The van der Waals surface area contributed by atoms with Crippen LogP contribution in [0.2, 0.25) is 0 Å². The van der Waals surface area contributed by atoms with E-state index in [1.54, 1.807) is 0 Å². The first-order valence-corrected chi connectivity index (χ1v) is 5.99. The maximum absolute atomic E-state index is 10.8. The van der Waals surface area contributed by atoms with Crippen LogP contribution in [0.3, 0.4) is 0 Å². The molecule has 1 aromatic carbocycles. The molecule has 5 heteroatoms. The maximum Gasteiger partial charge on any atom is 0.323 e. The summed E-state index contributed by atoms with van der Waals surface area (Å²) in [7, 11) is 0.784. The van der Waals surface area contributed by atoms with E-state index >= 15 is 0 Å². The van der Waals surface area contributed by atoms with Crippen LogP contribution in [0.15, 0.2) is 35.2 Å². The second-order valence-corrected chi connectivity index (χ2v) is 5.46. The molecular formula is C10H14O4S. The van der Waals surface area contributed by atoms with Crippen molar-refractivity contribution >= 4 is 16.6 Å². The topological polar surface area (TPSA) is 55.8 Å². The maximum atomic E-state index is 10.8. The van der Waals surface area contributed by atoms with Crippen molar-refractivity contribution in [2.24, 2.45) is 0 Å². The van der Waals surface area contributed by atoms with E-state index in [-0.39, 0.29) is 5.75 Å². The Morgan fingerprint density at radius 3 is 2.20 bits per heavy atom. The van der Waals surface area contributed by atoms with Crippen molar-refractivity contribution in [1.29, 1.82) is 0 Å². The summed E-state index contributed by atoms with van der Waals surface area (Å²) in [4.78, 5) is 11.5. The van der Waals surface area contributed by atoms with Crippen LogP contribution in [0.4, 0.5) is 0 Å². The highest BCUT2D eigenvalue weighted by Gasteiger charge is 2.24. The Hall–Kier alpha value is -1.04. The molecule has 0 aromatic heterocycles. The van der Waals surface area contributed by atoms with Crippen LogP contribution in [-0.4, -0.2) is 31.0 Å². The average Bonchev–Trinajstić information content (AvgIpc) is 2.27. The molecule has 84 valence electrons. The third kappa shape index (κ3) is 2.71. The zero-order valence-electron chi connectivity index (χ0n) is 8.67. The van der Waals surface area contributed by atoms with Crippen molar-refractivity contribution < 1.29 is 18.3 Å². The first-order valence-electron chi connectivity index (χ1n) is 4.33. The summed E-state index contributed by atoms with van der Waals surface area (Å²) >= 11 is 0. The number of benzene rings is 1. The first-order chi connectivity index (χ1) is 7.14. The lowest BCUT2D eigenvalue weighted by Gasteiger charge is -2.39. The summed E-state index contributed by atoms with van der Waals surface area (Å²) in [6.07, 6.45) is 0.